The molecule has 0 saturated heterocycles. The first-order chi connectivity index (χ1) is 15.0. The number of nitro benzene ring substituents is 1. The highest BCUT2D eigenvalue weighted by Crippen LogP contribution is 2.25. The van der Waals surface area contributed by atoms with Crippen molar-refractivity contribution in [2.45, 2.75) is 19.4 Å². The first-order valence-corrected chi connectivity index (χ1v) is 9.98. The standard InChI is InChI=1S/C25H24N2O4/c1-3-24(20-12-14-22(31-2)15-13-20)26-25(28)23(19-9-5-4-6-10-19)17-18-8-7-11-21(16-18)27(29)30/h4-17,24H,3H2,1-2H3,(H,26,28)/b23-17+/t24-/m0/s1. The van der Waals surface area contributed by atoms with E-state index in [1.807, 2.05) is 61.5 Å². The summed E-state index contributed by atoms with van der Waals surface area (Å²) < 4.78 is 5.21. The van der Waals surface area contributed by atoms with Crippen molar-refractivity contribution in [3.8, 4) is 5.75 Å². The van der Waals surface area contributed by atoms with Gasteiger partial charge in [0.1, 0.15) is 5.75 Å². The Balaban J connectivity index is 1.94. The number of carbonyl (C=O) groups is 1. The summed E-state index contributed by atoms with van der Waals surface area (Å²) in [5, 5.41) is 14.2. The van der Waals surface area contributed by atoms with Crippen molar-refractivity contribution < 1.29 is 14.5 Å². The smallest absolute Gasteiger partial charge is 0.270 e. The molecule has 3 aromatic rings. The summed E-state index contributed by atoms with van der Waals surface area (Å²) in [5.41, 5.74) is 2.70. The minimum absolute atomic E-state index is 0.0220. The monoisotopic (exact) mass is 416 g/mol. The highest BCUT2D eigenvalue weighted by molar-refractivity contribution is 6.24. The van der Waals surface area contributed by atoms with Crippen LogP contribution in [-0.2, 0) is 4.79 Å². The van der Waals surface area contributed by atoms with Crippen LogP contribution in [0.25, 0.3) is 11.6 Å². The van der Waals surface area contributed by atoms with Crippen LogP contribution in [0.5, 0.6) is 5.75 Å². The Morgan fingerprint density at radius 3 is 2.39 bits per heavy atom. The van der Waals surface area contributed by atoms with Crippen molar-refractivity contribution in [2.24, 2.45) is 0 Å². The van der Waals surface area contributed by atoms with E-state index in [9.17, 15) is 14.9 Å². The summed E-state index contributed by atoms with van der Waals surface area (Å²) in [4.78, 5) is 24.0. The molecule has 0 bridgehead atoms. The average Bonchev–Trinajstić information content (AvgIpc) is 2.81. The second-order valence-corrected chi connectivity index (χ2v) is 6.98. The minimum atomic E-state index is -0.448. The van der Waals surface area contributed by atoms with Crippen LogP contribution in [-0.4, -0.2) is 17.9 Å². The Hall–Kier alpha value is -3.93. The van der Waals surface area contributed by atoms with Crippen LogP contribution >= 0.6 is 0 Å². The molecule has 3 rings (SSSR count). The Morgan fingerprint density at radius 1 is 1.06 bits per heavy atom. The van der Waals surface area contributed by atoms with Gasteiger partial charge in [-0.2, -0.15) is 0 Å². The van der Waals surface area contributed by atoms with E-state index >= 15 is 0 Å². The predicted molar refractivity (Wildman–Crippen MR) is 122 cm³/mol. The lowest BCUT2D eigenvalue weighted by molar-refractivity contribution is -0.384. The van der Waals surface area contributed by atoms with Gasteiger partial charge in [-0.15, -0.1) is 0 Å². The Labute approximate surface area is 181 Å². The summed E-state index contributed by atoms with van der Waals surface area (Å²) in [6.45, 7) is 2.00. The lowest BCUT2D eigenvalue weighted by Gasteiger charge is -2.19. The Kier molecular flexibility index (Phi) is 7.17. The maximum atomic E-state index is 13.3. The van der Waals surface area contributed by atoms with E-state index in [1.165, 1.54) is 12.1 Å². The normalized spacial score (nSPS) is 12.1. The quantitative estimate of drug-likeness (QED) is 0.230. The first kappa shape index (κ1) is 21.8. The zero-order valence-corrected chi connectivity index (χ0v) is 17.4. The highest BCUT2D eigenvalue weighted by Gasteiger charge is 2.18. The molecule has 0 aliphatic rings. The fourth-order valence-electron chi connectivity index (χ4n) is 3.29. The molecule has 0 heterocycles. The molecular weight excluding hydrogens is 392 g/mol. The van der Waals surface area contributed by atoms with Crippen LogP contribution in [0.4, 0.5) is 5.69 Å². The Bertz CT molecular complexity index is 1080. The van der Waals surface area contributed by atoms with Gasteiger partial charge in [-0.25, -0.2) is 0 Å². The van der Waals surface area contributed by atoms with Crippen LogP contribution in [0.3, 0.4) is 0 Å². The summed E-state index contributed by atoms with van der Waals surface area (Å²) >= 11 is 0. The molecule has 6 heteroatoms. The maximum absolute atomic E-state index is 13.3. The van der Waals surface area contributed by atoms with Gasteiger partial charge in [-0.1, -0.05) is 61.5 Å². The summed E-state index contributed by atoms with van der Waals surface area (Å²) in [5.74, 6) is 0.501. The van der Waals surface area contributed by atoms with Gasteiger partial charge in [0.25, 0.3) is 11.6 Å². The summed E-state index contributed by atoms with van der Waals surface area (Å²) in [6, 6.07) is 22.9. The highest BCUT2D eigenvalue weighted by atomic mass is 16.6. The van der Waals surface area contributed by atoms with Crippen molar-refractivity contribution in [3.63, 3.8) is 0 Å². The van der Waals surface area contributed by atoms with Gasteiger partial charge in [0.2, 0.25) is 0 Å². The van der Waals surface area contributed by atoms with Crippen molar-refractivity contribution in [2.75, 3.05) is 7.11 Å². The molecule has 1 N–H and O–H groups in total. The third-order valence-corrected chi connectivity index (χ3v) is 4.95. The van der Waals surface area contributed by atoms with E-state index < -0.39 is 4.92 Å². The first-order valence-electron chi connectivity index (χ1n) is 9.98. The molecule has 158 valence electrons. The summed E-state index contributed by atoms with van der Waals surface area (Å²) in [7, 11) is 1.61. The van der Waals surface area contributed by atoms with Crippen molar-refractivity contribution in [1.29, 1.82) is 0 Å². The average molecular weight is 416 g/mol. The van der Waals surface area contributed by atoms with Crippen molar-refractivity contribution in [3.05, 3.63) is 106 Å². The zero-order chi connectivity index (χ0) is 22.2. The molecule has 1 amide bonds. The molecule has 0 fully saturated rings. The Morgan fingerprint density at radius 2 is 1.77 bits per heavy atom. The van der Waals surface area contributed by atoms with Crippen LogP contribution in [0.15, 0.2) is 78.9 Å². The molecule has 0 radical (unpaired) electrons. The molecule has 0 aliphatic heterocycles. The molecule has 1 atom stereocenters. The van der Waals surface area contributed by atoms with Gasteiger partial charge in [0.05, 0.1) is 18.1 Å². The second-order valence-electron chi connectivity index (χ2n) is 6.98. The lowest BCUT2D eigenvalue weighted by atomic mass is 9.99. The third-order valence-electron chi connectivity index (χ3n) is 4.95. The van der Waals surface area contributed by atoms with E-state index in [0.29, 0.717) is 17.6 Å². The van der Waals surface area contributed by atoms with E-state index in [2.05, 4.69) is 5.32 Å². The summed E-state index contributed by atoms with van der Waals surface area (Å²) in [6.07, 6.45) is 2.38. The lowest BCUT2D eigenvalue weighted by Crippen LogP contribution is -2.28. The molecule has 0 aromatic heterocycles. The van der Waals surface area contributed by atoms with Gasteiger partial charge in [0.15, 0.2) is 0 Å². The van der Waals surface area contributed by atoms with Gasteiger partial charge < -0.3 is 10.1 Å². The van der Waals surface area contributed by atoms with Gasteiger partial charge in [-0.05, 0) is 41.3 Å². The van der Waals surface area contributed by atoms with Crippen molar-refractivity contribution >= 4 is 23.2 Å². The number of nitrogens with zero attached hydrogens (tertiary/aromatic N) is 1. The molecular formula is C25H24N2O4. The van der Waals surface area contributed by atoms with Gasteiger partial charge >= 0.3 is 0 Å². The predicted octanol–water partition coefficient (Wildman–Crippen LogP) is 5.41. The maximum Gasteiger partial charge on any atom is 0.270 e. The van der Waals surface area contributed by atoms with Crippen LogP contribution in [0.2, 0.25) is 0 Å². The molecule has 0 aliphatic carbocycles. The topological polar surface area (TPSA) is 81.5 Å². The zero-order valence-electron chi connectivity index (χ0n) is 17.4. The molecule has 0 spiro atoms. The van der Waals surface area contributed by atoms with Crippen LogP contribution in [0.1, 0.15) is 36.1 Å². The number of rotatable bonds is 8. The van der Waals surface area contributed by atoms with Crippen LogP contribution < -0.4 is 10.1 Å². The number of amides is 1. The number of benzene rings is 3. The van der Waals surface area contributed by atoms with E-state index in [1.54, 1.807) is 25.3 Å². The van der Waals surface area contributed by atoms with E-state index in [0.717, 1.165) is 16.9 Å². The largest absolute Gasteiger partial charge is 0.497 e. The fraction of sp³-hybridized carbons (Fsp3) is 0.160. The SMILES string of the molecule is CC[C@H](NC(=O)/C(=C/c1cccc([N+](=O)[O-])c1)c1ccccc1)c1ccc(OC)cc1. The number of carbonyl (C=O) groups excluding carboxylic acids is 1. The third kappa shape index (κ3) is 5.57. The minimum Gasteiger partial charge on any atom is -0.497 e. The molecule has 0 saturated carbocycles. The number of hydrogen-bond donors (Lipinski definition) is 1. The molecule has 6 nitrogen and oxygen atoms in total. The van der Waals surface area contributed by atoms with Gasteiger partial charge in [0, 0.05) is 17.7 Å². The van der Waals surface area contributed by atoms with Gasteiger partial charge in [-0.3, -0.25) is 14.9 Å². The van der Waals surface area contributed by atoms with Crippen molar-refractivity contribution in [1.82, 2.24) is 5.32 Å². The number of nitrogens with one attached hydrogen (secondary N) is 1. The molecule has 0 unspecified atom stereocenters. The molecule has 31 heavy (non-hydrogen) atoms. The van der Waals surface area contributed by atoms with Crippen LogP contribution in [0, 0.1) is 10.1 Å². The second kappa shape index (κ2) is 10.2. The molecule has 3 aromatic carbocycles. The number of methoxy groups -OCH3 is 1. The number of hydrogen-bond acceptors (Lipinski definition) is 4. The van der Waals surface area contributed by atoms with E-state index in [-0.39, 0.29) is 17.6 Å². The number of nitro groups is 1. The number of ether oxygens (including phenoxy) is 1. The van der Waals surface area contributed by atoms with E-state index in [4.69, 9.17) is 4.74 Å². The number of non-ortho nitro benzene ring substituents is 1. The fourth-order valence-corrected chi connectivity index (χ4v) is 3.29.